The van der Waals surface area contributed by atoms with Gasteiger partial charge in [0.05, 0.1) is 5.39 Å². The molecule has 2 aliphatic rings. The Morgan fingerprint density at radius 2 is 1.85 bits per heavy atom. The summed E-state index contributed by atoms with van der Waals surface area (Å²) in [6.07, 6.45) is 8.32. The van der Waals surface area contributed by atoms with E-state index in [4.69, 9.17) is 11.6 Å². The Hall–Kier alpha value is -0.870. The normalized spacial score (nSPS) is 21.9. The van der Waals surface area contributed by atoms with Crippen molar-refractivity contribution >= 4 is 39.0 Å². The molecule has 1 aliphatic carbocycles. The van der Waals surface area contributed by atoms with Gasteiger partial charge < -0.3 is 4.90 Å². The lowest BCUT2D eigenvalue weighted by Gasteiger charge is -2.40. The smallest absolute Gasteiger partial charge is 0.225 e. The average molecular weight is 308 g/mol. The van der Waals surface area contributed by atoms with E-state index in [2.05, 4.69) is 26.3 Å². The average Bonchev–Trinajstić information content (AvgIpc) is 3.08. The van der Waals surface area contributed by atoms with Gasteiger partial charge in [0, 0.05) is 13.1 Å². The molecule has 0 N–H and O–H groups in total. The fourth-order valence-electron chi connectivity index (χ4n) is 3.87. The summed E-state index contributed by atoms with van der Waals surface area (Å²) in [4.78, 5) is 12.2. The van der Waals surface area contributed by atoms with E-state index in [-0.39, 0.29) is 0 Å². The van der Waals surface area contributed by atoms with Crippen molar-refractivity contribution < 1.29 is 0 Å². The van der Waals surface area contributed by atoms with Crippen LogP contribution in [0.1, 0.15) is 38.5 Å². The molecule has 5 heteroatoms. The molecule has 3 heterocycles. The number of piperidine rings is 1. The van der Waals surface area contributed by atoms with Gasteiger partial charge in [0.1, 0.15) is 10.6 Å². The molecule has 4 rings (SSSR count). The van der Waals surface area contributed by atoms with Crippen molar-refractivity contribution in [2.24, 2.45) is 5.41 Å². The Labute approximate surface area is 128 Å². The first kappa shape index (κ1) is 12.8. The third-order valence-electron chi connectivity index (χ3n) is 5.07. The first-order valence-electron chi connectivity index (χ1n) is 7.42. The van der Waals surface area contributed by atoms with Gasteiger partial charge in [-0.1, -0.05) is 12.8 Å². The van der Waals surface area contributed by atoms with Crippen molar-refractivity contribution in [1.29, 1.82) is 0 Å². The lowest BCUT2D eigenvalue weighted by atomic mass is 9.77. The van der Waals surface area contributed by atoms with Crippen LogP contribution < -0.4 is 4.90 Å². The molecule has 2 aromatic heterocycles. The molecule has 0 aromatic carbocycles. The number of thiophene rings is 1. The number of nitrogens with zero attached hydrogens (tertiary/aromatic N) is 3. The van der Waals surface area contributed by atoms with Crippen molar-refractivity contribution in [1.82, 2.24) is 9.97 Å². The highest BCUT2D eigenvalue weighted by Crippen LogP contribution is 2.47. The molecule has 2 fully saturated rings. The van der Waals surface area contributed by atoms with E-state index < -0.39 is 0 Å². The minimum absolute atomic E-state index is 0.371. The van der Waals surface area contributed by atoms with E-state index in [1.807, 2.05) is 0 Å². The maximum absolute atomic E-state index is 6.08. The van der Waals surface area contributed by atoms with Crippen LogP contribution >= 0.6 is 22.9 Å². The predicted octanol–water partition coefficient (Wildman–Crippen LogP) is 4.51. The van der Waals surface area contributed by atoms with E-state index in [1.165, 1.54) is 38.5 Å². The molecule has 1 saturated heterocycles. The Morgan fingerprint density at radius 3 is 2.60 bits per heavy atom. The SMILES string of the molecule is Clc1nc(N2CCC3(CCCC3)CC2)c2ccsc2n1. The first-order chi connectivity index (χ1) is 9.76. The zero-order valence-corrected chi connectivity index (χ0v) is 13.0. The van der Waals surface area contributed by atoms with Crippen LogP contribution in [0.25, 0.3) is 10.2 Å². The summed E-state index contributed by atoms with van der Waals surface area (Å²) in [5.41, 5.74) is 0.640. The van der Waals surface area contributed by atoms with Gasteiger partial charge in [-0.25, -0.2) is 4.98 Å². The van der Waals surface area contributed by atoms with Crippen molar-refractivity contribution in [3.8, 4) is 0 Å². The highest BCUT2D eigenvalue weighted by Gasteiger charge is 2.37. The third-order valence-corrected chi connectivity index (χ3v) is 6.04. The Kier molecular flexibility index (Phi) is 3.11. The highest BCUT2D eigenvalue weighted by molar-refractivity contribution is 7.16. The summed E-state index contributed by atoms with van der Waals surface area (Å²) in [6, 6.07) is 2.12. The van der Waals surface area contributed by atoms with Crippen LogP contribution in [0.4, 0.5) is 5.82 Å². The summed E-state index contributed by atoms with van der Waals surface area (Å²) in [5, 5.41) is 3.60. The van der Waals surface area contributed by atoms with Crippen LogP contribution in [0.15, 0.2) is 11.4 Å². The van der Waals surface area contributed by atoms with Crippen molar-refractivity contribution in [3.63, 3.8) is 0 Å². The maximum atomic E-state index is 6.08. The number of aromatic nitrogens is 2. The Bertz CT molecular complexity index is 623. The number of fused-ring (bicyclic) bond motifs is 1. The molecule has 1 spiro atoms. The number of anilines is 1. The van der Waals surface area contributed by atoms with E-state index in [0.29, 0.717) is 10.7 Å². The third kappa shape index (κ3) is 2.09. The van der Waals surface area contributed by atoms with Gasteiger partial charge in [-0.15, -0.1) is 11.3 Å². The molecule has 3 nitrogen and oxygen atoms in total. The van der Waals surface area contributed by atoms with E-state index in [1.54, 1.807) is 11.3 Å². The fraction of sp³-hybridized carbons (Fsp3) is 0.600. The summed E-state index contributed by atoms with van der Waals surface area (Å²) in [5.74, 6) is 1.04. The Morgan fingerprint density at radius 1 is 1.10 bits per heavy atom. The minimum atomic E-state index is 0.371. The maximum Gasteiger partial charge on any atom is 0.225 e. The van der Waals surface area contributed by atoms with Gasteiger partial charge in [0.15, 0.2) is 0 Å². The second kappa shape index (κ2) is 4.85. The van der Waals surface area contributed by atoms with Crippen LogP contribution in [0.5, 0.6) is 0 Å². The van der Waals surface area contributed by atoms with Gasteiger partial charge in [-0.05, 0) is 54.1 Å². The van der Waals surface area contributed by atoms with E-state index in [0.717, 1.165) is 29.1 Å². The topological polar surface area (TPSA) is 29.0 Å². The van der Waals surface area contributed by atoms with Crippen LogP contribution in [-0.2, 0) is 0 Å². The van der Waals surface area contributed by atoms with Crippen molar-refractivity contribution in [2.75, 3.05) is 18.0 Å². The van der Waals surface area contributed by atoms with Crippen LogP contribution in [0, 0.1) is 5.41 Å². The van der Waals surface area contributed by atoms with Crippen molar-refractivity contribution in [3.05, 3.63) is 16.7 Å². The highest BCUT2D eigenvalue weighted by atomic mass is 35.5. The zero-order chi connectivity index (χ0) is 13.6. The van der Waals surface area contributed by atoms with Gasteiger partial charge >= 0.3 is 0 Å². The van der Waals surface area contributed by atoms with E-state index in [9.17, 15) is 0 Å². The first-order valence-corrected chi connectivity index (χ1v) is 8.67. The molecule has 0 atom stereocenters. The van der Waals surface area contributed by atoms with Gasteiger partial charge in [0.2, 0.25) is 5.28 Å². The molecule has 0 radical (unpaired) electrons. The molecule has 0 bridgehead atoms. The van der Waals surface area contributed by atoms with Crippen LogP contribution in [-0.4, -0.2) is 23.1 Å². The molecule has 1 saturated carbocycles. The molecule has 0 amide bonds. The predicted molar refractivity (Wildman–Crippen MR) is 84.8 cm³/mol. The Balaban J connectivity index is 1.62. The number of hydrogen-bond acceptors (Lipinski definition) is 4. The minimum Gasteiger partial charge on any atom is -0.356 e. The second-order valence-corrected chi connectivity index (χ2v) is 7.38. The number of halogens is 1. The van der Waals surface area contributed by atoms with E-state index >= 15 is 0 Å². The quantitative estimate of drug-likeness (QED) is 0.726. The number of rotatable bonds is 1. The summed E-state index contributed by atoms with van der Waals surface area (Å²) in [7, 11) is 0. The molecule has 0 unspecified atom stereocenters. The zero-order valence-electron chi connectivity index (χ0n) is 11.4. The summed E-state index contributed by atoms with van der Waals surface area (Å²) >= 11 is 7.71. The summed E-state index contributed by atoms with van der Waals surface area (Å²) in [6.45, 7) is 2.22. The molecular weight excluding hydrogens is 290 g/mol. The van der Waals surface area contributed by atoms with Gasteiger partial charge in [0.25, 0.3) is 0 Å². The van der Waals surface area contributed by atoms with Gasteiger partial charge in [-0.2, -0.15) is 4.98 Å². The molecular formula is C15H18ClN3S. The molecule has 20 heavy (non-hydrogen) atoms. The van der Waals surface area contributed by atoms with Gasteiger partial charge in [-0.3, -0.25) is 0 Å². The lowest BCUT2D eigenvalue weighted by Crippen LogP contribution is -2.39. The van der Waals surface area contributed by atoms with Crippen LogP contribution in [0.2, 0.25) is 5.28 Å². The monoisotopic (exact) mass is 307 g/mol. The van der Waals surface area contributed by atoms with Crippen molar-refractivity contribution in [2.45, 2.75) is 38.5 Å². The molecule has 1 aliphatic heterocycles. The second-order valence-electron chi connectivity index (χ2n) is 6.15. The molecule has 106 valence electrons. The lowest BCUT2D eigenvalue weighted by molar-refractivity contribution is 0.226. The molecule has 2 aromatic rings. The summed E-state index contributed by atoms with van der Waals surface area (Å²) < 4.78 is 0. The van der Waals surface area contributed by atoms with Crippen LogP contribution in [0.3, 0.4) is 0 Å². The largest absolute Gasteiger partial charge is 0.356 e. The fourth-order valence-corrected chi connectivity index (χ4v) is 4.85. The number of hydrogen-bond donors (Lipinski definition) is 0. The standard InChI is InChI=1S/C15H18ClN3S/c16-14-17-12(11-3-10-20-13(11)18-14)19-8-6-15(7-9-19)4-1-2-5-15/h3,10H,1-2,4-9H2.